The molecule has 1 amide bonds. The quantitative estimate of drug-likeness (QED) is 0.281. The number of aryl methyl sites for hydroxylation is 1. The number of para-hydroxylation sites is 1. The van der Waals surface area contributed by atoms with Crippen LogP contribution in [0.4, 0.5) is 5.69 Å². The first-order valence-electron chi connectivity index (χ1n) is 12.1. The van der Waals surface area contributed by atoms with Crippen LogP contribution < -0.4 is 0 Å². The van der Waals surface area contributed by atoms with Gasteiger partial charge in [0, 0.05) is 48.6 Å². The second-order valence-electron chi connectivity index (χ2n) is 9.36. The first-order chi connectivity index (χ1) is 18.6. The van der Waals surface area contributed by atoms with Crippen molar-refractivity contribution in [2.24, 2.45) is 4.99 Å². The summed E-state index contributed by atoms with van der Waals surface area (Å²) in [4.78, 5) is 22.9. The van der Waals surface area contributed by atoms with Crippen LogP contribution >= 0.6 is 0 Å². The standard InChI is InChI=1S/C30H26N4O4S/c1-19-9-12-22(13-10-19)39(37,38)34-18-26(23-7-5-6-8-28(23)35)24-16-21(17-32-29(24)34)20-11-14-27(31-2)25(15-20)30(36)33(3)4/h5-18,35H,2H2,1,3-4H3. The summed E-state index contributed by atoms with van der Waals surface area (Å²) in [5.74, 6) is -0.214. The molecule has 0 saturated heterocycles. The molecule has 0 spiro atoms. The van der Waals surface area contributed by atoms with Crippen LogP contribution in [0.3, 0.4) is 0 Å². The number of pyridine rings is 1. The highest BCUT2D eigenvalue weighted by molar-refractivity contribution is 7.90. The summed E-state index contributed by atoms with van der Waals surface area (Å²) in [5, 5.41) is 11.2. The van der Waals surface area contributed by atoms with Crippen molar-refractivity contribution in [3.8, 4) is 28.0 Å². The Morgan fingerprint density at radius 3 is 2.36 bits per heavy atom. The number of rotatable bonds is 6. The van der Waals surface area contributed by atoms with E-state index in [1.54, 1.807) is 87.0 Å². The minimum Gasteiger partial charge on any atom is -0.507 e. The van der Waals surface area contributed by atoms with Crippen molar-refractivity contribution in [1.82, 2.24) is 13.9 Å². The summed E-state index contributed by atoms with van der Waals surface area (Å²) in [6.07, 6.45) is 3.05. The first-order valence-corrected chi connectivity index (χ1v) is 13.5. The Kier molecular flexibility index (Phi) is 6.53. The average Bonchev–Trinajstić information content (AvgIpc) is 3.32. The van der Waals surface area contributed by atoms with E-state index >= 15 is 0 Å². The number of carbonyl (C=O) groups excluding carboxylic acids is 1. The molecule has 0 unspecified atom stereocenters. The summed E-state index contributed by atoms with van der Waals surface area (Å²) in [6.45, 7) is 5.45. The number of nitrogens with zero attached hydrogens (tertiary/aromatic N) is 4. The predicted octanol–water partition coefficient (Wildman–Crippen LogP) is 5.66. The van der Waals surface area contributed by atoms with Crippen molar-refractivity contribution in [3.05, 3.63) is 96.3 Å². The van der Waals surface area contributed by atoms with Crippen molar-refractivity contribution in [3.63, 3.8) is 0 Å². The van der Waals surface area contributed by atoms with Gasteiger partial charge < -0.3 is 10.0 Å². The normalized spacial score (nSPS) is 11.5. The fourth-order valence-electron chi connectivity index (χ4n) is 4.43. The molecular formula is C30H26N4O4S. The van der Waals surface area contributed by atoms with Crippen LogP contribution in [0.1, 0.15) is 15.9 Å². The molecule has 39 heavy (non-hydrogen) atoms. The highest BCUT2D eigenvalue weighted by Crippen LogP contribution is 2.38. The van der Waals surface area contributed by atoms with Crippen molar-refractivity contribution >= 4 is 39.4 Å². The number of carbonyl (C=O) groups is 1. The Balaban J connectivity index is 1.76. The Morgan fingerprint density at radius 1 is 0.974 bits per heavy atom. The highest BCUT2D eigenvalue weighted by atomic mass is 32.2. The molecule has 0 fully saturated rings. The number of phenolic OH excluding ortho intramolecular Hbond substituents is 1. The number of aromatic hydroxyl groups is 1. The van der Waals surface area contributed by atoms with Crippen molar-refractivity contribution < 1.29 is 18.3 Å². The molecule has 9 heteroatoms. The van der Waals surface area contributed by atoms with Crippen LogP contribution in [0.2, 0.25) is 0 Å². The van der Waals surface area contributed by atoms with E-state index in [0.29, 0.717) is 38.9 Å². The van der Waals surface area contributed by atoms with Gasteiger partial charge in [-0.15, -0.1) is 0 Å². The molecule has 8 nitrogen and oxygen atoms in total. The zero-order valence-corrected chi connectivity index (χ0v) is 22.5. The monoisotopic (exact) mass is 538 g/mol. The smallest absolute Gasteiger partial charge is 0.269 e. The second-order valence-corrected chi connectivity index (χ2v) is 11.2. The van der Waals surface area contributed by atoms with Crippen molar-refractivity contribution in [2.45, 2.75) is 11.8 Å². The number of hydrogen-bond acceptors (Lipinski definition) is 6. The van der Waals surface area contributed by atoms with Gasteiger partial charge in [0.25, 0.3) is 15.9 Å². The molecule has 0 atom stereocenters. The minimum atomic E-state index is -3.99. The Labute approximate surface area is 226 Å². The fraction of sp³-hybridized carbons (Fsp3) is 0.100. The summed E-state index contributed by atoms with van der Waals surface area (Å²) in [5.41, 5.74) is 4.31. The first kappa shape index (κ1) is 25.9. The molecule has 0 saturated carbocycles. The van der Waals surface area contributed by atoms with Crippen molar-refractivity contribution in [1.29, 1.82) is 0 Å². The summed E-state index contributed by atoms with van der Waals surface area (Å²) in [7, 11) is -0.677. The number of aliphatic imine (C=N–C) groups is 1. The van der Waals surface area contributed by atoms with E-state index in [0.717, 1.165) is 9.54 Å². The van der Waals surface area contributed by atoms with Crippen LogP contribution in [0.5, 0.6) is 5.75 Å². The predicted molar refractivity (Wildman–Crippen MR) is 153 cm³/mol. The van der Waals surface area contributed by atoms with Gasteiger partial charge in [-0.3, -0.25) is 9.79 Å². The summed E-state index contributed by atoms with van der Waals surface area (Å²) in [6, 6.07) is 20.4. The number of amides is 1. The third-order valence-corrected chi connectivity index (χ3v) is 8.18. The van der Waals surface area contributed by atoms with E-state index in [1.807, 2.05) is 13.0 Å². The van der Waals surface area contributed by atoms with Crippen LogP contribution in [0.25, 0.3) is 33.3 Å². The van der Waals surface area contributed by atoms with Gasteiger partial charge in [-0.2, -0.15) is 0 Å². The number of aromatic nitrogens is 2. The topological polar surface area (TPSA) is 105 Å². The van der Waals surface area contributed by atoms with Gasteiger partial charge in [-0.1, -0.05) is 42.0 Å². The van der Waals surface area contributed by atoms with Crippen LogP contribution in [-0.2, 0) is 10.0 Å². The van der Waals surface area contributed by atoms with Gasteiger partial charge in [0.15, 0.2) is 5.65 Å². The third-order valence-electron chi connectivity index (χ3n) is 6.52. The molecule has 1 N–H and O–H groups in total. The van der Waals surface area contributed by atoms with Gasteiger partial charge in [0.05, 0.1) is 16.1 Å². The summed E-state index contributed by atoms with van der Waals surface area (Å²) < 4.78 is 28.5. The number of fused-ring (bicyclic) bond motifs is 1. The molecule has 2 heterocycles. The van der Waals surface area contributed by atoms with Crippen LogP contribution in [0.15, 0.2) is 95.1 Å². The van der Waals surface area contributed by atoms with Crippen molar-refractivity contribution in [2.75, 3.05) is 14.1 Å². The SMILES string of the molecule is C=Nc1ccc(-c2cnc3c(c2)c(-c2ccccc2O)cn3S(=O)(=O)c2ccc(C)cc2)cc1C(=O)N(C)C. The number of phenols is 1. The van der Waals surface area contributed by atoms with Gasteiger partial charge in [0.1, 0.15) is 5.75 Å². The zero-order chi connectivity index (χ0) is 27.9. The largest absolute Gasteiger partial charge is 0.507 e. The molecule has 0 aliphatic carbocycles. The lowest BCUT2D eigenvalue weighted by atomic mass is 9.99. The summed E-state index contributed by atoms with van der Waals surface area (Å²) >= 11 is 0. The molecular weight excluding hydrogens is 512 g/mol. The van der Waals surface area contributed by atoms with Crippen LogP contribution in [0, 0.1) is 6.92 Å². The minimum absolute atomic E-state index is 0.00923. The lowest BCUT2D eigenvalue weighted by Crippen LogP contribution is -2.21. The maximum Gasteiger partial charge on any atom is 0.269 e. The Morgan fingerprint density at radius 2 is 1.69 bits per heavy atom. The maximum absolute atomic E-state index is 13.7. The van der Waals surface area contributed by atoms with Gasteiger partial charge in [-0.25, -0.2) is 17.4 Å². The van der Waals surface area contributed by atoms with Crippen LogP contribution in [-0.4, -0.2) is 54.1 Å². The molecule has 3 aromatic carbocycles. The molecule has 0 bridgehead atoms. The van der Waals surface area contributed by atoms with E-state index < -0.39 is 10.0 Å². The van der Waals surface area contributed by atoms with Gasteiger partial charge in [-0.05, 0) is 55.6 Å². The van der Waals surface area contributed by atoms with E-state index in [4.69, 9.17) is 0 Å². The third kappa shape index (κ3) is 4.57. The molecule has 2 aromatic heterocycles. The van der Waals surface area contributed by atoms with E-state index in [9.17, 15) is 18.3 Å². The van der Waals surface area contributed by atoms with E-state index in [-0.39, 0.29) is 22.2 Å². The Bertz CT molecular complexity index is 1860. The molecule has 5 rings (SSSR count). The van der Waals surface area contributed by atoms with Gasteiger partial charge in [0.2, 0.25) is 0 Å². The molecule has 196 valence electrons. The lowest BCUT2D eigenvalue weighted by molar-refractivity contribution is 0.0828. The number of hydrogen-bond donors (Lipinski definition) is 1. The second kappa shape index (κ2) is 9.85. The van der Waals surface area contributed by atoms with E-state index in [1.165, 1.54) is 11.1 Å². The zero-order valence-electron chi connectivity index (χ0n) is 21.7. The molecule has 0 aliphatic heterocycles. The van der Waals surface area contributed by atoms with E-state index in [2.05, 4.69) is 16.7 Å². The molecule has 0 radical (unpaired) electrons. The molecule has 0 aliphatic rings. The molecule has 5 aromatic rings. The highest BCUT2D eigenvalue weighted by Gasteiger charge is 2.24. The maximum atomic E-state index is 13.7. The number of benzene rings is 3. The van der Waals surface area contributed by atoms with Gasteiger partial charge >= 0.3 is 0 Å². The Hall–Kier alpha value is -4.76. The fourth-order valence-corrected chi connectivity index (χ4v) is 5.75. The average molecular weight is 539 g/mol. The lowest BCUT2D eigenvalue weighted by Gasteiger charge is -2.13.